The maximum atomic E-state index is 14.2. The predicted octanol–water partition coefficient (Wildman–Crippen LogP) is 2.34. The number of nitrogens with two attached hydrogens (primary N) is 1. The number of primary sulfonamides is 1. The van der Waals surface area contributed by atoms with Gasteiger partial charge in [0.1, 0.15) is 5.69 Å². The molecular weight excluding hydrogens is 419 g/mol. The number of nitrogens with zero attached hydrogens (tertiary/aromatic N) is 2. The number of nitrogens with one attached hydrogen (secondary N) is 1. The van der Waals surface area contributed by atoms with Gasteiger partial charge in [0, 0.05) is 18.2 Å². The van der Waals surface area contributed by atoms with Crippen molar-refractivity contribution in [2.75, 3.05) is 19.2 Å². The van der Waals surface area contributed by atoms with E-state index in [0.29, 0.717) is 5.56 Å². The number of rotatable bonds is 5. The molecule has 2 aromatic carbocycles. The van der Waals surface area contributed by atoms with Crippen LogP contribution in [0.3, 0.4) is 0 Å². The fraction of sp³-hybridized carbons (Fsp3) is 0.111. The number of halogens is 1. The van der Waals surface area contributed by atoms with Gasteiger partial charge in [0.05, 0.1) is 12.0 Å². The van der Waals surface area contributed by atoms with Gasteiger partial charge < -0.3 is 14.5 Å². The average Bonchev–Trinajstić information content (AvgIpc) is 3.17. The number of amides is 2. The summed E-state index contributed by atoms with van der Waals surface area (Å²) in [7, 11) is -1.30. The lowest BCUT2D eigenvalue weighted by Gasteiger charge is -2.08. The molecular formula is C18H17FN4O6S. The Bertz CT molecular complexity index is 1190. The lowest BCUT2D eigenvalue weighted by Crippen LogP contribution is -2.35. The fourth-order valence-electron chi connectivity index (χ4n) is 2.59. The van der Waals surface area contributed by atoms with E-state index in [1.807, 2.05) is 0 Å². The minimum atomic E-state index is -3.91. The highest BCUT2D eigenvalue weighted by Crippen LogP contribution is 2.37. The lowest BCUT2D eigenvalue weighted by molar-refractivity contribution is 0.197. The van der Waals surface area contributed by atoms with Crippen molar-refractivity contribution < 1.29 is 32.0 Å². The van der Waals surface area contributed by atoms with Crippen LogP contribution in [0.15, 0.2) is 51.8 Å². The number of ether oxygens (including phenoxy) is 1. The summed E-state index contributed by atoms with van der Waals surface area (Å²) in [6, 6.07) is 7.93. The summed E-state index contributed by atoms with van der Waals surface area (Å²) in [6.07, 6.45) is 0. The molecule has 0 aliphatic carbocycles. The number of oxazole rings is 1. The van der Waals surface area contributed by atoms with Gasteiger partial charge in [-0.25, -0.2) is 22.7 Å². The van der Waals surface area contributed by atoms with Crippen LogP contribution < -0.4 is 20.3 Å². The van der Waals surface area contributed by atoms with Crippen LogP contribution in [0.5, 0.6) is 5.75 Å². The summed E-state index contributed by atoms with van der Waals surface area (Å²) in [6.45, 7) is 0. The van der Waals surface area contributed by atoms with Crippen LogP contribution in [-0.4, -0.2) is 38.8 Å². The van der Waals surface area contributed by atoms with E-state index < -0.39 is 27.9 Å². The molecule has 4 N–H and O–H groups in total. The molecule has 0 aliphatic heterocycles. The molecule has 0 saturated carbocycles. The van der Waals surface area contributed by atoms with Gasteiger partial charge in [-0.2, -0.15) is 4.98 Å². The van der Waals surface area contributed by atoms with Crippen molar-refractivity contribution in [3.05, 3.63) is 48.3 Å². The maximum absolute atomic E-state index is 14.2. The molecule has 0 fully saturated rings. The number of anilines is 1. The van der Waals surface area contributed by atoms with E-state index in [-0.39, 0.29) is 32.7 Å². The quantitative estimate of drug-likeness (QED) is 0.411. The van der Waals surface area contributed by atoms with E-state index in [9.17, 15) is 22.8 Å². The van der Waals surface area contributed by atoms with Crippen molar-refractivity contribution in [2.45, 2.75) is 4.90 Å². The van der Waals surface area contributed by atoms with E-state index in [4.69, 9.17) is 14.3 Å². The van der Waals surface area contributed by atoms with E-state index in [1.165, 1.54) is 50.6 Å². The fourth-order valence-corrected chi connectivity index (χ4v) is 3.11. The Morgan fingerprint density at radius 3 is 2.40 bits per heavy atom. The van der Waals surface area contributed by atoms with Crippen LogP contribution >= 0.6 is 0 Å². The molecule has 0 radical (unpaired) electrons. The second-order valence-corrected chi connectivity index (χ2v) is 7.52. The van der Waals surface area contributed by atoms with E-state index in [2.05, 4.69) is 10.3 Å². The molecule has 0 atom stereocenters. The lowest BCUT2D eigenvalue weighted by atomic mass is 10.1. The van der Waals surface area contributed by atoms with Crippen molar-refractivity contribution >= 4 is 22.1 Å². The van der Waals surface area contributed by atoms with Crippen LogP contribution in [0.4, 0.5) is 15.2 Å². The maximum Gasteiger partial charge on any atom is 0.349 e. The predicted molar refractivity (Wildman–Crippen MR) is 104 cm³/mol. The first-order valence-electron chi connectivity index (χ1n) is 8.34. The second kappa shape index (κ2) is 8.10. The molecule has 30 heavy (non-hydrogen) atoms. The molecule has 0 bridgehead atoms. The normalized spacial score (nSPS) is 11.2. The van der Waals surface area contributed by atoms with Crippen molar-refractivity contribution in [3.8, 4) is 28.3 Å². The molecule has 1 heterocycles. The number of carbonyl (C=O) groups is 1. The average molecular weight is 436 g/mol. The first-order valence-corrected chi connectivity index (χ1v) is 9.89. The number of urea groups is 1. The highest BCUT2D eigenvalue weighted by atomic mass is 32.2. The smallest absolute Gasteiger partial charge is 0.349 e. The first kappa shape index (κ1) is 21.2. The Balaban J connectivity index is 2.16. The Labute approximate surface area is 170 Å². The molecule has 0 unspecified atom stereocenters. The third-order valence-electron chi connectivity index (χ3n) is 4.07. The summed E-state index contributed by atoms with van der Waals surface area (Å²) in [5, 5.41) is 17.4. The zero-order valence-electron chi connectivity index (χ0n) is 15.8. The number of hydrogen-bond donors (Lipinski definition) is 3. The third kappa shape index (κ3) is 4.10. The Hall–Kier alpha value is -3.48. The van der Waals surface area contributed by atoms with E-state index >= 15 is 0 Å². The molecule has 0 spiro atoms. The molecule has 1 aromatic heterocycles. The van der Waals surface area contributed by atoms with Crippen LogP contribution in [0.1, 0.15) is 0 Å². The molecule has 2 amide bonds. The molecule has 158 valence electrons. The largest absolute Gasteiger partial charge is 0.494 e. The summed E-state index contributed by atoms with van der Waals surface area (Å²) < 4.78 is 47.6. The molecule has 3 rings (SSSR count). The summed E-state index contributed by atoms with van der Waals surface area (Å²) in [4.78, 5) is 15.7. The van der Waals surface area contributed by atoms with Gasteiger partial charge in [0.2, 0.25) is 10.0 Å². The van der Waals surface area contributed by atoms with Crippen LogP contribution in [0.25, 0.3) is 22.6 Å². The molecule has 12 heteroatoms. The Morgan fingerprint density at radius 2 is 1.87 bits per heavy atom. The number of hydrogen-bond acceptors (Lipinski definition) is 7. The molecule has 3 aromatic rings. The Kier molecular flexibility index (Phi) is 5.73. The summed E-state index contributed by atoms with van der Waals surface area (Å²) >= 11 is 0. The van der Waals surface area contributed by atoms with Crippen LogP contribution in [-0.2, 0) is 10.0 Å². The highest BCUT2D eigenvalue weighted by molar-refractivity contribution is 7.89. The topological polar surface area (TPSA) is 148 Å². The van der Waals surface area contributed by atoms with Gasteiger partial charge in [-0.15, -0.1) is 5.06 Å². The first-order chi connectivity index (χ1) is 14.2. The van der Waals surface area contributed by atoms with Crippen molar-refractivity contribution in [2.24, 2.45) is 5.14 Å². The third-order valence-corrected chi connectivity index (χ3v) is 5.00. The zero-order chi connectivity index (χ0) is 22.1. The SMILES string of the molecule is CNC(=O)N(O)c1nc(-c2ccc(OC)c(F)c2)c(-c2ccc(S(N)(=O)=O)cc2)o1. The minimum Gasteiger partial charge on any atom is -0.494 e. The van der Waals surface area contributed by atoms with Gasteiger partial charge >= 0.3 is 12.0 Å². The van der Waals surface area contributed by atoms with Crippen molar-refractivity contribution in [3.63, 3.8) is 0 Å². The van der Waals surface area contributed by atoms with Gasteiger partial charge in [0.25, 0.3) is 0 Å². The number of methoxy groups -OCH3 is 1. The van der Waals surface area contributed by atoms with Gasteiger partial charge in [-0.05, 0) is 42.5 Å². The number of aromatic nitrogens is 1. The number of sulfonamides is 1. The van der Waals surface area contributed by atoms with Gasteiger partial charge in [-0.1, -0.05) is 0 Å². The summed E-state index contributed by atoms with van der Waals surface area (Å²) in [5.41, 5.74) is 0.703. The van der Waals surface area contributed by atoms with E-state index in [0.717, 1.165) is 6.07 Å². The van der Waals surface area contributed by atoms with Crippen LogP contribution in [0.2, 0.25) is 0 Å². The molecule has 10 nitrogen and oxygen atoms in total. The van der Waals surface area contributed by atoms with Crippen LogP contribution in [0, 0.1) is 5.82 Å². The van der Waals surface area contributed by atoms with Crippen molar-refractivity contribution in [1.82, 2.24) is 10.3 Å². The minimum absolute atomic E-state index is 0.00988. The van der Waals surface area contributed by atoms with Gasteiger partial charge in [-0.3, -0.25) is 5.21 Å². The Morgan fingerprint density at radius 1 is 1.23 bits per heavy atom. The van der Waals surface area contributed by atoms with Crippen molar-refractivity contribution in [1.29, 1.82) is 0 Å². The molecule has 0 saturated heterocycles. The van der Waals surface area contributed by atoms with Gasteiger partial charge in [0.15, 0.2) is 17.3 Å². The molecule has 0 aliphatic rings. The number of benzene rings is 2. The monoisotopic (exact) mass is 436 g/mol. The highest BCUT2D eigenvalue weighted by Gasteiger charge is 2.24. The number of hydroxylamine groups is 1. The zero-order valence-corrected chi connectivity index (χ0v) is 16.6. The summed E-state index contributed by atoms with van der Waals surface area (Å²) in [5.74, 6) is -0.601. The second-order valence-electron chi connectivity index (χ2n) is 5.96. The van der Waals surface area contributed by atoms with E-state index in [1.54, 1.807) is 0 Å². The standard InChI is InChI=1S/C18H17FN4O6S/c1-21-17(24)23(25)18-22-15(11-5-8-14(28-2)13(19)9-11)16(29-18)10-3-6-12(7-4-10)30(20,26)27/h3-9,25H,1-2H3,(H,21,24)(H2,20,26,27). The number of carbonyl (C=O) groups excluding carboxylic acids is 1.